The molecule has 0 saturated carbocycles. The van der Waals surface area contributed by atoms with Crippen molar-refractivity contribution in [1.82, 2.24) is 0 Å². The van der Waals surface area contributed by atoms with E-state index < -0.39 is 21.6 Å². The summed E-state index contributed by atoms with van der Waals surface area (Å²) in [5, 5.41) is 0. The van der Waals surface area contributed by atoms with Crippen LogP contribution in [0.3, 0.4) is 0 Å². The van der Waals surface area contributed by atoms with Crippen LogP contribution in [0.2, 0.25) is 0 Å². The summed E-state index contributed by atoms with van der Waals surface area (Å²) in [5.41, 5.74) is 0.315. The van der Waals surface area contributed by atoms with Crippen molar-refractivity contribution in [3.8, 4) is 0 Å². The Morgan fingerprint density at radius 2 is 2.11 bits per heavy atom. The van der Waals surface area contributed by atoms with Crippen molar-refractivity contribution in [3.05, 3.63) is 35.6 Å². The van der Waals surface area contributed by atoms with Crippen LogP contribution < -0.4 is 0 Å². The predicted octanol–water partition coefficient (Wildman–Crippen LogP) is 1.69. The summed E-state index contributed by atoms with van der Waals surface area (Å²) in [4.78, 5) is 11.6. The van der Waals surface area contributed by atoms with E-state index in [4.69, 9.17) is 4.74 Å². The van der Waals surface area contributed by atoms with Crippen LogP contribution in [0, 0.1) is 11.7 Å². The average Bonchev–Trinajstić information content (AvgIpc) is 2.67. The van der Waals surface area contributed by atoms with E-state index in [9.17, 15) is 17.6 Å². The Hall–Kier alpha value is -1.43. The van der Waals surface area contributed by atoms with Crippen LogP contribution in [0.25, 0.3) is 0 Å². The van der Waals surface area contributed by atoms with Crippen LogP contribution in [0.4, 0.5) is 4.39 Å². The Labute approximate surface area is 111 Å². The maximum absolute atomic E-state index is 13.3. The lowest BCUT2D eigenvalue weighted by molar-refractivity contribution is -0.145. The fourth-order valence-corrected chi connectivity index (χ4v) is 3.96. The van der Waals surface area contributed by atoms with E-state index in [2.05, 4.69) is 0 Å². The second-order valence-corrected chi connectivity index (χ2v) is 6.95. The van der Waals surface area contributed by atoms with Crippen molar-refractivity contribution in [3.63, 3.8) is 0 Å². The third-order valence-corrected chi connectivity index (χ3v) is 4.97. The first kappa shape index (κ1) is 14.0. The highest BCUT2D eigenvalue weighted by atomic mass is 32.2. The molecule has 4 nitrogen and oxygen atoms in total. The van der Waals surface area contributed by atoms with E-state index in [1.54, 1.807) is 18.2 Å². The van der Waals surface area contributed by atoms with Gasteiger partial charge in [-0.2, -0.15) is 0 Å². The van der Waals surface area contributed by atoms with Crippen LogP contribution in [-0.2, 0) is 26.0 Å². The highest BCUT2D eigenvalue weighted by Crippen LogP contribution is 2.22. The van der Waals surface area contributed by atoms with Crippen molar-refractivity contribution < 1.29 is 22.3 Å². The molecule has 6 heteroatoms. The summed E-state index contributed by atoms with van der Waals surface area (Å²) < 4.78 is 40.7. The first-order valence-corrected chi connectivity index (χ1v) is 7.88. The highest BCUT2D eigenvalue weighted by Gasteiger charge is 2.29. The standard InChI is InChI=1S/C13H15FO4S/c14-12-4-2-1-3-11(12)8-18-13(15)7-10-5-6-19(16,17)9-10/h1-4,10H,5-9H2. The molecule has 1 aromatic carbocycles. The second-order valence-electron chi connectivity index (χ2n) is 4.73. The van der Waals surface area contributed by atoms with Gasteiger partial charge in [-0.15, -0.1) is 0 Å². The number of carbonyl (C=O) groups is 1. The van der Waals surface area contributed by atoms with Gasteiger partial charge in [0.05, 0.1) is 11.5 Å². The van der Waals surface area contributed by atoms with E-state index >= 15 is 0 Å². The molecule has 1 aliphatic rings. The van der Waals surface area contributed by atoms with Crippen LogP contribution in [0.5, 0.6) is 0 Å². The van der Waals surface area contributed by atoms with Crippen molar-refractivity contribution in [2.75, 3.05) is 11.5 Å². The first-order valence-electron chi connectivity index (χ1n) is 6.06. The Kier molecular flexibility index (Phi) is 4.19. The fraction of sp³-hybridized carbons (Fsp3) is 0.462. The molecular formula is C13H15FO4S. The number of hydrogen-bond acceptors (Lipinski definition) is 4. The van der Waals surface area contributed by atoms with E-state index in [0.717, 1.165) is 0 Å². The van der Waals surface area contributed by atoms with Crippen molar-refractivity contribution in [2.24, 2.45) is 5.92 Å². The monoisotopic (exact) mass is 286 g/mol. The Morgan fingerprint density at radius 3 is 2.74 bits per heavy atom. The molecule has 0 aromatic heterocycles. The molecule has 1 fully saturated rings. The summed E-state index contributed by atoms with van der Waals surface area (Å²) >= 11 is 0. The molecule has 0 radical (unpaired) electrons. The van der Waals surface area contributed by atoms with Crippen molar-refractivity contribution in [2.45, 2.75) is 19.4 Å². The molecule has 0 N–H and O–H groups in total. The van der Waals surface area contributed by atoms with Gasteiger partial charge in [0, 0.05) is 12.0 Å². The summed E-state index contributed by atoms with van der Waals surface area (Å²) in [6.07, 6.45) is 0.574. The van der Waals surface area contributed by atoms with Crippen molar-refractivity contribution >= 4 is 15.8 Å². The zero-order valence-corrected chi connectivity index (χ0v) is 11.2. The van der Waals surface area contributed by atoms with E-state index in [-0.39, 0.29) is 30.5 Å². The molecule has 1 aliphatic heterocycles. The van der Waals surface area contributed by atoms with Crippen LogP contribution >= 0.6 is 0 Å². The molecule has 1 unspecified atom stereocenters. The number of ether oxygens (including phenoxy) is 1. The largest absolute Gasteiger partial charge is 0.461 e. The summed E-state index contributed by atoms with van der Waals surface area (Å²) in [5.74, 6) is -0.887. The van der Waals surface area contributed by atoms with Crippen LogP contribution in [-0.4, -0.2) is 25.9 Å². The molecule has 1 aromatic rings. The molecule has 1 heterocycles. The summed E-state index contributed by atoms with van der Waals surface area (Å²) in [6.45, 7) is -0.120. The molecule has 19 heavy (non-hydrogen) atoms. The SMILES string of the molecule is O=C(CC1CCS(=O)(=O)C1)OCc1ccccc1F. The number of esters is 1. The topological polar surface area (TPSA) is 60.4 Å². The van der Waals surface area contributed by atoms with E-state index in [1.807, 2.05) is 0 Å². The summed E-state index contributed by atoms with van der Waals surface area (Å²) in [6, 6.07) is 6.06. The van der Waals surface area contributed by atoms with Gasteiger partial charge in [0.25, 0.3) is 0 Å². The predicted molar refractivity (Wildman–Crippen MR) is 67.6 cm³/mol. The Balaban J connectivity index is 1.81. The maximum atomic E-state index is 13.3. The van der Waals surface area contributed by atoms with Gasteiger partial charge in [0.15, 0.2) is 9.84 Å². The van der Waals surface area contributed by atoms with Crippen LogP contribution in [0.1, 0.15) is 18.4 Å². The zero-order valence-electron chi connectivity index (χ0n) is 10.3. The lowest BCUT2D eigenvalue weighted by Gasteiger charge is -2.08. The van der Waals surface area contributed by atoms with Crippen LogP contribution in [0.15, 0.2) is 24.3 Å². The van der Waals surface area contributed by atoms with Gasteiger partial charge in [-0.05, 0) is 18.4 Å². The minimum Gasteiger partial charge on any atom is -0.461 e. The third kappa shape index (κ3) is 4.02. The number of hydrogen-bond donors (Lipinski definition) is 0. The average molecular weight is 286 g/mol. The lowest BCUT2D eigenvalue weighted by atomic mass is 10.1. The van der Waals surface area contributed by atoms with E-state index in [0.29, 0.717) is 12.0 Å². The molecule has 0 bridgehead atoms. The van der Waals surface area contributed by atoms with E-state index in [1.165, 1.54) is 6.07 Å². The fourth-order valence-electron chi connectivity index (χ4n) is 2.10. The smallest absolute Gasteiger partial charge is 0.306 e. The normalized spacial score (nSPS) is 21.2. The molecule has 1 atom stereocenters. The minimum absolute atomic E-state index is 0.0435. The molecule has 0 amide bonds. The number of carbonyl (C=O) groups excluding carboxylic acids is 1. The lowest BCUT2D eigenvalue weighted by Crippen LogP contribution is -2.13. The molecule has 104 valence electrons. The van der Waals surface area contributed by atoms with Gasteiger partial charge in [0.1, 0.15) is 12.4 Å². The molecule has 0 aliphatic carbocycles. The molecule has 1 saturated heterocycles. The quantitative estimate of drug-likeness (QED) is 0.790. The van der Waals surface area contributed by atoms with Gasteiger partial charge in [-0.1, -0.05) is 18.2 Å². The number of sulfone groups is 1. The first-order chi connectivity index (χ1) is 8.96. The molecule has 0 spiro atoms. The Morgan fingerprint density at radius 1 is 1.37 bits per heavy atom. The van der Waals surface area contributed by atoms with Gasteiger partial charge in [0.2, 0.25) is 0 Å². The summed E-state index contributed by atoms with van der Waals surface area (Å²) in [7, 11) is -2.98. The minimum atomic E-state index is -2.98. The second kappa shape index (κ2) is 5.69. The third-order valence-electron chi connectivity index (χ3n) is 3.13. The van der Waals surface area contributed by atoms with Gasteiger partial charge in [-0.3, -0.25) is 4.79 Å². The van der Waals surface area contributed by atoms with Crippen molar-refractivity contribution in [1.29, 1.82) is 0 Å². The van der Waals surface area contributed by atoms with Gasteiger partial charge in [-0.25, -0.2) is 12.8 Å². The molecule has 2 rings (SSSR count). The maximum Gasteiger partial charge on any atom is 0.306 e. The Bertz CT molecular complexity index is 568. The van der Waals surface area contributed by atoms with Gasteiger partial charge < -0.3 is 4.74 Å². The highest BCUT2D eigenvalue weighted by molar-refractivity contribution is 7.91. The van der Waals surface area contributed by atoms with Gasteiger partial charge >= 0.3 is 5.97 Å². The zero-order chi connectivity index (χ0) is 13.9. The molecular weight excluding hydrogens is 271 g/mol. The number of benzene rings is 1. The number of halogens is 1. The number of rotatable bonds is 4.